The normalized spacial score (nSPS) is 24.1. The first-order valence-corrected chi connectivity index (χ1v) is 6.28. The molecule has 4 nitrogen and oxygen atoms in total. The second-order valence-corrected chi connectivity index (χ2v) is 5.04. The number of anilines is 1. The molecule has 0 radical (unpaired) electrons. The van der Waals surface area contributed by atoms with Crippen LogP contribution in [-0.2, 0) is 4.74 Å². The molecule has 1 heterocycles. The van der Waals surface area contributed by atoms with E-state index in [4.69, 9.17) is 21.4 Å². The predicted molar refractivity (Wildman–Crippen MR) is 70.6 cm³/mol. The average Bonchev–Trinajstić information content (AvgIpc) is 2.27. The van der Waals surface area contributed by atoms with Gasteiger partial charge in [0.1, 0.15) is 0 Å². The summed E-state index contributed by atoms with van der Waals surface area (Å²) >= 11 is 6.16. The molecule has 0 spiro atoms. The van der Waals surface area contributed by atoms with Gasteiger partial charge in [0, 0.05) is 13.1 Å². The third-order valence-electron chi connectivity index (χ3n) is 2.95. The van der Waals surface area contributed by atoms with Gasteiger partial charge in [-0.25, -0.2) is 4.79 Å². The highest BCUT2D eigenvalue weighted by Gasteiger charge is 2.24. The Kier molecular flexibility index (Phi) is 3.78. The van der Waals surface area contributed by atoms with E-state index in [2.05, 4.69) is 4.90 Å². The number of aromatic carboxylic acids is 1. The summed E-state index contributed by atoms with van der Waals surface area (Å²) in [6.45, 7) is 5.55. The second kappa shape index (κ2) is 5.16. The van der Waals surface area contributed by atoms with Gasteiger partial charge in [0.25, 0.3) is 0 Å². The predicted octanol–water partition coefficient (Wildman–Crippen LogP) is 2.65. The zero-order valence-corrected chi connectivity index (χ0v) is 11.1. The van der Waals surface area contributed by atoms with E-state index >= 15 is 0 Å². The molecule has 1 saturated heterocycles. The highest BCUT2D eigenvalue weighted by molar-refractivity contribution is 6.33. The van der Waals surface area contributed by atoms with Crippen molar-refractivity contribution in [3.63, 3.8) is 0 Å². The van der Waals surface area contributed by atoms with Crippen LogP contribution < -0.4 is 4.90 Å². The number of carboxylic acids is 1. The molecule has 1 N–H and O–H groups in total. The molecule has 1 aliphatic rings. The lowest BCUT2D eigenvalue weighted by Gasteiger charge is -2.37. The first-order chi connectivity index (χ1) is 8.47. The molecular formula is C13H16ClNO3. The number of ether oxygens (including phenoxy) is 1. The Hall–Kier alpha value is -1.26. The number of carboxylic acid groups (broad SMARTS) is 1. The van der Waals surface area contributed by atoms with Crippen molar-refractivity contribution >= 4 is 23.3 Å². The molecule has 2 rings (SSSR count). The maximum atomic E-state index is 10.9. The molecule has 5 heteroatoms. The minimum atomic E-state index is -0.966. The fourth-order valence-corrected chi connectivity index (χ4v) is 2.57. The van der Waals surface area contributed by atoms with Crippen molar-refractivity contribution in [3.8, 4) is 0 Å². The topological polar surface area (TPSA) is 49.8 Å². The summed E-state index contributed by atoms with van der Waals surface area (Å²) in [6.07, 6.45) is 0.285. The van der Waals surface area contributed by atoms with Crippen LogP contribution in [0, 0.1) is 0 Å². The minimum absolute atomic E-state index is 0.143. The van der Waals surface area contributed by atoms with Gasteiger partial charge in [0.2, 0.25) is 0 Å². The number of morpholine rings is 1. The van der Waals surface area contributed by atoms with Crippen molar-refractivity contribution in [2.75, 3.05) is 18.0 Å². The number of nitrogens with zero attached hydrogens (tertiary/aromatic N) is 1. The van der Waals surface area contributed by atoms with Gasteiger partial charge in [0.15, 0.2) is 0 Å². The molecule has 18 heavy (non-hydrogen) atoms. The Balaban J connectivity index is 2.25. The van der Waals surface area contributed by atoms with Gasteiger partial charge in [-0.15, -0.1) is 0 Å². The van der Waals surface area contributed by atoms with Crippen LogP contribution >= 0.6 is 11.6 Å². The van der Waals surface area contributed by atoms with E-state index in [1.54, 1.807) is 12.1 Å². The van der Waals surface area contributed by atoms with Crippen molar-refractivity contribution in [1.29, 1.82) is 0 Å². The quantitative estimate of drug-likeness (QED) is 0.897. The molecule has 0 saturated carbocycles. The largest absolute Gasteiger partial charge is 0.478 e. The Morgan fingerprint density at radius 1 is 1.39 bits per heavy atom. The molecule has 0 bridgehead atoms. The zero-order valence-electron chi connectivity index (χ0n) is 10.4. The Morgan fingerprint density at radius 2 is 2.00 bits per heavy atom. The lowest BCUT2D eigenvalue weighted by Crippen LogP contribution is -2.45. The van der Waals surface area contributed by atoms with Gasteiger partial charge < -0.3 is 14.7 Å². The SMILES string of the molecule is C[C@@H]1CN(c2ccc(C(=O)O)cc2Cl)C[C@H](C)O1. The van der Waals surface area contributed by atoms with Gasteiger partial charge in [-0.1, -0.05) is 11.6 Å². The van der Waals surface area contributed by atoms with E-state index in [-0.39, 0.29) is 17.8 Å². The number of hydrogen-bond donors (Lipinski definition) is 1. The highest BCUT2D eigenvalue weighted by atomic mass is 35.5. The van der Waals surface area contributed by atoms with Gasteiger partial charge >= 0.3 is 5.97 Å². The summed E-state index contributed by atoms with van der Waals surface area (Å²) in [5.41, 5.74) is 1.07. The number of carbonyl (C=O) groups is 1. The van der Waals surface area contributed by atoms with Crippen LogP contribution in [0.5, 0.6) is 0 Å². The van der Waals surface area contributed by atoms with E-state index in [0.29, 0.717) is 5.02 Å². The molecule has 0 aromatic heterocycles. The lowest BCUT2D eigenvalue weighted by molar-refractivity contribution is -0.00521. The summed E-state index contributed by atoms with van der Waals surface area (Å²) < 4.78 is 5.66. The van der Waals surface area contributed by atoms with Crippen LogP contribution in [0.4, 0.5) is 5.69 Å². The van der Waals surface area contributed by atoms with Crippen molar-refractivity contribution in [2.45, 2.75) is 26.1 Å². The zero-order chi connectivity index (χ0) is 13.3. The number of benzene rings is 1. The van der Waals surface area contributed by atoms with E-state index in [9.17, 15) is 4.79 Å². The highest BCUT2D eigenvalue weighted by Crippen LogP contribution is 2.29. The molecule has 1 fully saturated rings. The first kappa shape index (κ1) is 13.2. The molecule has 1 aromatic carbocycles. The molecule has 2 atom stereocenters. The first-order valence-electron chi connectivity index (χ1n) is 5.90. The Morgan fingerprint density at radius 3 is 2.50 bits per heavy atom. The van der Waals surface area contributed by atoms with E-state index in [1.807, 2.05) is 13.8 Å². The number of halogens is 1. The van der Waals surface area contributed by atoms with Crippen LogP contribution in [0.1, 0.15) is 24.2 Å². The summed E-state index contributed by atoms with van der Waals surface area (Å²) in [6, 6.07) is 4.83. The van der Waals surface area contributed by atoms with Crippen LogP contribution in [0.2, 0.25) is 5.02 Å². The molecular weight excluding hydrogens is 254 g/mol. The van der Waals surface area contributed by atoms with Gasteiger partial charge in [-0.05, 0) is 32.0 Å². The standard InChI is InChI=1S/C13H16ClNO3/c1-8-6-15(7-9(2)18-8)12-4-3-10(13(16)17)5-11(12)14/h3-5,8-9H,6-7H2,1-2H3,(H,16,17)/t8-,9+. The van der Waals surface area contributed by atoms with Gasteiger partial charge in [-0.2, -0.15) is 0 Å². The van der Waals surface area contributed by atoms with Crippen molar-refractivity contribution in [2.24, 2.45) is 0 Å². The Bertz CT molecular complexity index is 454. The number of hydrogen-bond acceptors (Lipinski definition) is 3. The Labute approximate surface area is 111 Å². The van der Waals surface area contributed by atoms with E-state index < -0.39 is 5.97 Å². The smallest absolute Gasteiger partial charge is 0.335 e. The molecule has 0 unspecified atom stereocenters. The average molecular weight is 270 g/mol. The maximum absolute atomic E-state index is 10.9. The summed E-state index contributed by atoms with van der Waals surface area (Å²) in [5.74, 6) is -0.966. The van der Waals surface area contributed by atoms with E-state index in [1.165, 1.54) is 6.07 Å². The maximum Gasteiger partial charge on any atom is 0.335 e. The number of rotatable bonds is 2. The molecule has 1 aromatic rings. The van der Waals surface area contributed by atoms with Crippen molar-refractivity contribution in [1.82, 2.24) is 0 Å². The summed E-state index contributed by atoms with van der Waals surface area (Å²) in [5, 5.41) is 9.37. The van der Waals surface area contributed by atoms with Crippen LogP contribution in [0.3, 0.4) is 0 Å². The minimum Gasteiger partial charge on any atom is -0.478 e. The summed E-state index contributed by atoms with van der Waals surface area (Å²) in [4.78, 5) is 13.0. The lowest BCUT2D eigenvalue weighted by atomic mass is 10.1. The van der Waals surface area contributed by atoms with Crippen molar-refractivity contribution < 1.29 is 14.6 Å². The fourth-order valence-electron chi connectivity index (χ4n) is 2.27. The molecule has 1 aliphatic heterocycles. The van der Waals surface area contributed by atoms with Crippen molar-refractivity contribution in [3.05, 3.63) is 28.8 Å². The molecule has 0 aliphatic carbocycles. The van der Waals surface area contributed by atoms with Gasteiger partial charge in [0.05, 0.1) is 28.5 Å². The third kappa shape index (κ3) is 2.76. The van der Waals surface area contributed by atoms with Crippen LogP contribution in [0.25, 0.3) is 0 Å². The summed E-state index contributed by atoms with van der Waals surface area (Å²) in [7, 11) is 0. The monoisotopic (exact) mass is 269 g/mol. The van der Waals surface area contributed by atoms with Gasteiger partial charge in [-0.3, -0.25) is 0 Å². The van der Waals surface area contributed by atoms with Crippen LogP contribution in [0.15, 0.2) is 18.2 Å². The fraction of sp³-hybridized carbons (Fsp3) is 0.462. The molecule has 98 valence electrons. The second-order valence-electron chi connectivity index (χ2n) is 4.63. The molecule has 0 amide bonds. The van der Waals surface area contributed by atoms with E-state index in [0.717, 1.165) is 18.8 Å². The van der Waals surface area contributed by atoms with Crippen LogP contribution in [-0.4, -0.2) is 36.4 Å². The third-order valence-corrected chi connectivity index (χ3v) is 3.26.